The fraction of sp³-hybridized carbons (Fsp3) is 0.756. The Morgan fingerprint density at radius 2 is 0.913 bits per heavy atom. The van der Waals surface area contributed by atoms with E-state index in [0.29, 0.717) is 6.42 Å². The summed E-state index contributed by atoms with van der Waals surface area (Å²) < 4.78 is 5.33. The standard InChI is InChI=1S/C41H72O5/c1-3-5-7-9-11-13-15-17-19-20-22-23-25-27-29-31-33-35-38(43)41(39(44)37-42)46-40(45)36-34-32-30-28-26-24-21-18-16-14-12-10-8-6-4-2/h11,13,17,19,22-23,27,29,39,41-42,44H,3-10,12,14-16,18,20-21,24-26,28,30-37H2,1-2H3/b13-11-,19-17-,23-22-,29-27-/t39-,41?/m0/s1. The van der Waals surface area contributed by atoms with Gasteiger partial charge in [-0.25, -0.2) is 0 Å². The number of unbranched alkanes of at least 4 members (excludes halogenated alkanes) is 18. The summed E-state index contributed by atoms with van der Waals surface area (Å²) in [5, 5.41) is 19.5. The third-order valence-corrected chi connectivity index (χ3v) is 8.35. The molecule has 0 saturated heterocycles. The van der Waals surface area contributed by atoms with Crippen molar-refractivity contribution in [3.63, 3.8) is 0 Å². The first-order valence-corrected chi connectivity index (χ1v) is 19.2. The van der Waals surface area contributed by atoms with Crippen LogP contribution in [0.15, 0.2) is 48.6 Å². The highest BCUT2D eigenvalue weighted by atomic mass is 16.6. The Hall–Kier alpha value is -1.98. The summed E-state index contributed by atoms with van der Waals surface area (Å²) in [5.74, 6) is -0.803. The van der Waals surface area contributed by atoms with Crippen LogP contribution in [-0.4, -0.2) is 40.8 Å². The number of hydrogen-bond acceptors (Lipinski definition) is 5. The van der Waals surface area contributed by atoms with Crippen LogP contribution in [-0.2, 0) is 14.3 Å². The van der Waals surface area contributed by atoms with E-state index < -0.39 is 24.8 Å². The van der Waals surface area contributed by atoms with E-state index in [-0.39, 0.29) is 18.6 Å². The third kappa shape index (κ3) is 30.7. The molecule has 0 fully saturated rings. The van der Waals surface area contributed by atoms with Crippen molar-refractivity contribution < 1.29 is 24.5 Å². The Morgan fingerprint density at radius 3 is 1.37 bits per heavy atom. The SMILES string of the molecule is CCCCC/C=C\C/C=C\C/C=C\C/C=C\CCCC(=O)C(OC(=O)CCCCCCCCCCCCCCCCC)[C@@H](O)CO. The van der Waals surface area contributed by atoms with Crippen LogP contribution < -0.4 is 0 Å². The maximum absolute atomic E-state index is 12.7. The number of Topliss-reactive ketones (excluding diaryl/α,β-unsaturated/α-hetero) is 1. The molecule has 0 saturated carbocycles. The molecule has 266 valence electrons. The maximum Gasteiger partial charge on any atom is 0.306 e. The molecule has 0 aromatic rings. The van der Waals surface area contributed by atoms with Crippen molar-refractivity contribution >= 4 is 11.8 Å². The van der Waals surface area contributed by atoms with Gasteiger partial charge in [-0.2, -0.15) is 0 Å². The van der Waals surface area contributed by atoms with E-state index in [1.807, 2.05) is 0 Å². The summed E-state index contributed by atoms with van der Waals surface area (Å²) in [4.78, 5) is 25.0. The highest BCUT2D eigenvalue weighted by molar-refractivity contribution is 5.86. The Morgan fingerprint density at radius 1 is 0.522 bits per heavy atom. The van der Waals surface area contributed by atoms with Crippen molar-refractivity contribution in [2.75, 3.05) is 6.61 Å². The van der Waals surface area contributed by atoms with Gasteiger partial charge in [0, 0.05) is 12.8 Å². The van der Waals surface area contributed by atoms with Crippen molar-refractivity contribution in [2.24, 2.45) is 0 Å². The number of carbonyl (C=O) groups is 2. The van der Waals surface area contributed by atoms with Gasteiger partial charge in [0.1, 0.15) is 6.10 Å². The summed E-state index contributed by atoms with van der Waals surface area (Å²) in [7, 11) is 0. The second-order valence-electron chi connectivity index (χ2n) is 12.8. The molecule has 2 atom stereocenters. The average molecular weight is 645 g/mol. The number of aliphatic hydroxyl groups is 2. The largest absolute Gasteiger partial charge is 0.451 e. The molecule has 5 heteroatoms. The van der Waals surface area contributed by atoms with Crippen LogP contribution in [0.4, 0.5) is 0 Å². The molecule has 0 aromatic heterocycles. The molecule has 0 radical (unpaired) electrons. The molecule has 0 aliphatic carbocycles. The van der Waals surface area contributed by atoms with Crippen molar-refractivity contribution in [3.05, 3.63) is 48.6 Å². The van der Waals surface area contributed by atoms with E-state index in [9.17, 15) is 19.8 Å². The minimum absolute atomic E-state index is 0.200. The summed E-state index contributed by atoms with van der Waals surface area (Å²) >= 11 is 0. The molecule has 0 aromatic carbocycles. The smallest absolute Gasteiger partial charge is 0.306 e. The second kappa shape index (κ2) is 35.9. The lowest BCUT2D eigenvalue weighted by molar-refractivity contribution is -0.163. The van der Waals surface area contributed by atoms with Crippen LogP contribution in [0.25, 0.3) is 0 Å². The molecule has 0 bridgehead atoms. The topological polar surface area (TPSA) is 83.8 Å². The summed E-state index contributed by atoms with van der Waals surface area (Å²) in [6, 6.07) is 0. The van der Waals surface area contributed by atoms with E-state index in [1.165, 1.54) is 103 Å². The van der Waals surface area contributed by atoms with E-state index in [4.69, 9.17) is 4.74 Å². The number of ketones is 1. The summed E-state index contributed by atoms with van der Waals surface area (Å²) in [5.41, 5.74) is 0. The lowest BCUT2D eigenvalue weighted by Gasteiger charge is -2.20. The van der Waals surface area contributed by atoms with Gasteiger partial charge < -0.3 is 14.9 Å². The van der Waals surface area contributed by atoms with Crippen LogP contribution in [0.3, 0.4) is 0 Å². The summed E-state index contributed by atoms with van der Waals surface area (Å²) in [6.45, 7) is 3.88. The van der Waals surface area contributed by atoms with E-state index in [1.54, 1.807) is 0 Å². The third-order valence-electron chi connectivity index (χ3n) is 8.35. The van der Waals surface area contributed by atoms with Gasteiger partial charge in [0.25, 0.3) is 0 Å². The molecule has 0 aliphatic rings. The van der Waals surface area contributed by atoms with Crippen LogP contribution in [0.2, 0.25) is 0 Å². The predicted octanol–water partition coefficient (Wildman–Crippen LogP) is 11.2. The Labute approximate surface area is 284 Å². The highest BCUT2D eigenvalue weighted by Crippen LogP contribution is 2.15. The highest BCUT2D eigenvalue weighted by Gasteiger charge is 2.29. The second-order valence-corrected chi connectivity index (χ2v) is 12.8. The van der Waals surface area contributed by atoms with Crippen LogP contribution in [0.5, 0.6) is 0 Å². The molecule has 46 heavy (non-hydrogen) atoms. The zero-order valence-electron chi connectivity index (χ0n) is 30.0. The van der Waals surface area contributed by atoms with Crippen molar-refractivity contribution in [1.82, 2.24) is 0 Å². The van der Waals surface area contributed by atoms with Gasteiger partial charge in [-0.05, 0) is 51.4 Å². The Balaban J connectivity index is 3.93. The number of esters is 1. The van der Waals surface area contributed by atoms with E-state index >= 15 is 0 Å². The van der Waals surface area contributed by atoms with Crippen molar-refractivity contribution in [2.45, 2.75) is 193 Å². The molecule has 0 aliphatic heterocycles. The van der Waals surface area contributed by atoms with Gasteiger partial charge in [0.15, 0.2) is 11.9 Å². The first-order chi connectivity index (χ1) is 22.6. The number of allylic oxidation sites excluding steroid dienone is 8. The molecular weight excluding hydrogens is 572 g/mol. The monoisotopic (exact) mass is 645 g/mol. The van der Waals surface area contributed by atoms with Gasteiger partial charge >= 0.3 is 5.97 Å². The molecule has 2 N–H and O–H groups in total. The minimum Gasteiger partial charge on any atom is -0.451 e. The van der Waals surface area contributed by atoms with Crippen LogP contribution >= 0.6 is 0 Å². The molecular formula is C41H72O5. The lowest BCUT2D eigenvalue weighted by atomic mass is 10.0. The van der Waals surface area contributed by atoms with Crippen LogP contribution in [0.1, 0.15) is 181 Å². The quantitative estimate of drug-likeness (QED) is 0.0414. The zero-order valence-corrected chi connectivity index (χ0v) is 30.0. The number of carbonyl (C=O) groups excluding carboxylic acids is 2. The molecule has 5 nitrogen and oxygen atoms in total. The van der Waals surface area contributed by atoms with Crippen LogP contribution in [0, 0.1) is 0 Å². The van der Waals surface area contributed by atoms with Gasteiger partial charge in [-0.1, -0.05) is 165 Å². The number of ether oxygens (including phenoxy) is 1. The fourth-order valence-electron chi connectivity index (χ4n) is 5.39. The van der Waals surface area contributed by atoms with Gasteiger partial charge in [0.2, 0.25) is 0 Å². The maximum atomic E-state index is 12.7. The van der Waals surface area contributed by atoms with E-state index in [0.717, 1.165) is 44.9 Å². The number of rotatable bonds is 34. The summed E-state index contributed by atoms with van der Waals surface area (Å²) in [6.07, 6.45) is 43.1. The Kier molecular flexibility index (Phi) is 34.3. The van der Waals surface area contributed by atoms with Gasteiger partial charge in [-0.3, -0.25) is 9.59 Å². The molecule has 1 unspecified atom stereocenters. The zero-order chi connectivity index (χ0) is 33.8. The Bertz CT molecular complexity index is 797. The lowest BCUT2D eigenvalue weighted by Crippen LogP contribution is -2.40. The fourth-order valence-corrected chi connectivity index (χ4v) is 5.39. The first kappa shape index (κ1) is 44.0. The first-order valence-electron chi connectivity index (χ1n) is 19.2. The molecule has 0 amide bonds. The van der Waals surface area contributed by atoms with E-state index in [2.05, 4.69) is 62.5 Å². The number of hydrogen-bond donors (Lipinski definition) is 2. The molecule has 0 rings (SSSR count). The van der Waals surface area contributed by atoms with Gasteiger partial charge in [0.05, 0.1) is 6.61 Å². The molecule has 0 heterocycles. The predicted molar refractivity (Wildman–Crippen MR) is 196 cm³/mol. The molecule has 0 spiro atoms. The van der Waals surface area contributed by atoms with Crippen molar-refractivity contribution in [3.8, 4) is 0 Å². The normalized spacial score (nSPS) is 13.5. The minimum atomic E-state index is -1.38. The van der Waals surface area contributed by atoms with Gasteiger partial charge in [-0.15, -0.1) is 0 Å². The average Bonchev–Trinajstić information content (AvgIpc) is 3.06. The number of aliphatic hydroxyl groups excluding tert-OH is 2. The van der Waals surface area contributed by atoms with Crippen molar-refractivity contribution in [1.29, 1.82) is 0 Å².